The summed E-state index contributed by atoms with van der Waals surface area (Å²) in [7, 11) is 0. The minimum absolute atomic E-state index is 0.488. The van der Waals surface area contributed by atoms with E-state index in [9.17, 15) is 0 Å². The highest BCUT2D eigenvalue weighted by Gasteiger charge is 2.09. The van der Waals surface area contributed by atoms with E-state index < -0.39 is 0 Å². The topological polar surface area (TPSA) is 0 Å². The zero-order chi connectivity index (χ0) is 15.2. The summed E-state index contributed by atoms with van der Waals surface area (Å²) in [5.41, 5.74) is 0. The van der Waals surface area contributed by atoms with Crippen LogP contribution < -0.4 is 0 Å². The lowest BCUT2D eigenvalue weighted by Crippen LogP contribution is -2.05. The quantitative estimate of drug-likeness (QED) is 0.362. The van der Waals surface area contributed by atoms with Crippen LogP contribution in [-0.2, 0) is 0 Å². The molecule has 0 N–H and O–H groups in total. The summed E-state index contributed by atoms with van der Waals surface area (Å²) in [6, 6.07) is 0. The molecule has 0 aromatic carbocycles. The van der Waals surface area contributed by atoms with Crippen LogP contribution in [0.5, 0.6) is 0 Å². The molecule has 0 aliphatic carbocycles. The molecule has 20 heavy (non-hydrogen) atoms. The molecular weight excluding hydrogens is 240 g/mol. The van der Waals surface area contributed by atoms with Crippen LogP contribution in [0.2, 0.25) is 0 Å². The van der Waals surface area contributed by atoms with Crippen LogP contribution in [0.25, 0.3) is 0 Å². The number of unbranched alkanes of at least 4 members (excludes halogenated alkanes) is 2. The molecule has 0 nitrogen and oxygen atoms in total. The second-order valence-corrected chi connectivity index (χ2v) is 5.16. The lowest BCUT2D eigenvalue weighted by molar-refractivity contribution is 0.694. The predicted octanol–water partition coefficient (Wildman–Crippen LogP) is 5.57. The molecule has 0 spiro atoms. The first-order valence-electron chi connectivity index (χ1n) is 7.70. The van der Waals surface area contributed by atoms with E-state index in [1.54, 1.807) is 0 Å². The predicted molar refractivity (Wildman–Crippen MR) is 90.8 cm³/mol. The van der Waals surface area contributed by atoms with Crippen molar-refractivity contribution in [3.8, 4) is 0 Å². The van der Waals surface area contributed by atoms with Gasteiger partial charge < -0.3 is 0 Å². The van der Waals surface area contributed by atoms with Gasteiger partial charge in [0.2, 0.25) is 0 Å². The van der Waals surface area contributed by atoms with Crippen molar-refractivity contribution in [3.05, 3.63) is 70.6 Å². The fraction of sp³-hybridized carbons (Fsp3) is 0.450. The van der Waals surface area contributed by atoms with E-state index in [2.05, 4.69) is 91.9 Å². The normalized spacial score (nSPS) is 14.7. The molecule has 0 amide bonds. The van der Waals surface area contributed by atoms with E-state index in [1.165, 1.54) is 0 Å². The number of hydrogen-bond acceptors (Lipinski definition) is 0. The standard InChI is InChI=1S/C20H31/c1-6-9-10-13-18(4)14-11-15-19(5)16-12-17-20(7-2)8-3/h6-10,12-20H,11H2,1-5H3/t18-,19-/m1/s1. The first-order valence-corrected chi connectivity index (χ1v) is 7.70. The summed E-state index contributed by atoms with van der Waals surface area (Å²) in [5.74, 6) is 1.53. The Morgan fingerprint density at radius 3 is 1.75 bits per heavy atom. The lowest BCUT2D eigenvalue weighted by atomic mass is 9.90. The second kappa shape index (κ2) is 14.0. The van der Waals surface area contributed by atoms with Gasteiger partial charge in [0.25, 0.3) is 0 Å². The van der Waals surface area contributed by atoms with Gasteiger partial charge in [0.05, 0.1) is 0 Å². The molecule has 2 atom stereocenters. The smallest absolute Gasteiger partial charge is 0.0312 e. The molecule has 0 saturated heterocycles. The third-order valence-electron chi connectivity index (χ3n) is 3.25. The van der Waals surface area contributed by atoms with Crippen LogP contribution in [0, 0.1) is 88.4 Å². The molecule has 0 heteroatoms. The molecule has 0 aliphatic heterocycles. The Balaban J connectivity index is 3.46. The summed E-state index contributed by atoms with van der Waals surface area (Å²) in [6.45, 7) is 10.7. The van der Waals surface area contributed by atoms with E-state index in [-0.39, 0.29) is 0 Å². The average molecular weight is 271 g/mol. The van der Waals surface area contributed by atoms with E-state index in [4.69, 9.17) is 0 Å². The molecule has 0 aromatic heterocycles. The maximum atomic E-state index is 2.35. The first-order chi connectivity index (χ1) is 9.63. The van der Waals surface area contributed by atoms with Crippen molar-refractivity contribution in [1.29, 1.82) is 0 Å². The highest BCUT2D eigenvalue weighted by Crippen LogP contribution is 2.19. The Bertz CT molecular complexity index is 180. The highest BCUT2D eigenvalue weighted by atomic mass is 14.1. The largest absolute Gasteiger partial charge is 0.0620 e. The fourth-order valence-electron chi connectivity index (χ4n) is 1.80. The molecule has 0 heterocycles. The van der Waals surface area contributed by atoms with Crippen molar-refractivity contribution in [2.75, 3.05) is 0 Å². The average Bonchev–Trinajstić information content (AvgIpc) is 2.44. The van der Waals surface area contributed by atoms with E-state index in [0.717, 1.165) is 6.42 Å². The summed E-state index contributed by atoms with van der Waals surface area (Å²) in [4.78, 5) is 0. The maximum absolute atomic E-state index is 2.35. The van der Waals surface area contributed by atoms with Crippen LogP contribution in [-0.4, -0.2) is 0 Å². The van der Waals surface area contributed by atoms with Gasteiger partial charge in [0.1, 0.15) is 0 Å². The van der Waals surface area contributed by atoms with Gasteiger partial charge in [-0.3, -0.25) is 0 Å². The third kappa shape index (κ3) is 11.8. The minimum atomic E-state index is 0.488. The Morgan fingerprint density at radius 1 is 0.700 bits per heavy atom. The monoisotopic (exact) mass is 271 g/mol. The SMILES string of the molecule is C[CH][CH][CH][CH][C@@H](C)[CH]C[CH][C@@H](C)[CH][CH][CH]C([CH]C)[CH]C. The van der Waals surface area contributed by atoms with Crippen molar-refractivity contribution in [1.82, 2.24) is 0 Å². The molecule has 0 aliphatic rings. The van der Waals surface area contributed by atoms with Gasteiger partial charge in [-0.05, 0) is 94.8 Å². The molecular formula is C20H31. The van der Waals surface area contributed by atoms with Crippen molar-refractivity contribution in [2.24, 2.45) is 17.8 Å². The molecule has 0 rings (SSSR count). The first kappa shape index (κ1) is 20.0. The summed E-state index contributed by atoms with van der Waals surface area (Å²) in [6.07, 6.45) is 25.3. The van der Waals surface area contributed by atoms with Crippen LogP contribution in [0.1, 0.15) is 41.0 Å². The van der Waals surface area contributed by atoms with Gasteiger partial charge in [0, 0.05) is 0 Å². The van der Waals surface area contributed by atoms with Crippen molar-refractivity contribution in [2.45, 2.75) is 41.0 Å². The summed E-state index contributed by atoms with van der Waals surface area (Å²) >= 11 is 0. The number of rotatable bonds is 14. The zero-order valence-corrected chi connectivity index (χ0v) is 13.8. The van der Waals surface area contributed by atoms with Gasteiger partial charge in [-0.15, -0.1) is 0 Å². The van der Waals surface area contributed by atoms with Crippen molar-refractivity contribution >= 4 is 0 Å². The van der Waals surface area contributed by atoms with E-state index in [1.807, 2.05) is 13.3 Å². The summed E-state index contributed by atoms with van der Waals surface area (Å²) in [5, 5.41) is 0. The second-order valence-electron chi connectivity index (χ2n) is 5.16. The van der Waals surface area contributed by atoms with Crippen LogP contribution in [0.4, 0.5) is 0 Å². The van der Waals surface area contributed by atoms with Gasteiger partial charge in [-0.2, -0.15) is 0 Å². The molecule has 0 unspecified atom stereocenters. The summed E-state index contributed by atoms with van der Waals surface area (Å²) < 4.78 is 0. The Kier molecular flexibility index (Phi) is 14.0. The maximum Gasteiger partial charge on any atom is -0.0312 e. The highest BCUT2D eigenvalue weighted by molar-refractivity contribution is 5.10. The Hall–Kier alpha value is 0. The molecule has 0 aromatic rings. The van der Waals surface area contributed by atoms with Crippen LogP contribution in [0.15, 0.2) is 0 Å². The van der Waals surface area contributed by atoms with E-state index >= 15 is 0 Å². The van der Waals surface area contributed by atoms with Crippen molar-refractivity contribution in [3.63, 3.8) is 0 Å². The van der Waals surface area contributed by atoms with Crippen molar-refractivity contribution < 1.29 is 0 Å². The Morgan fingerprint density at radius 2 is 1.25 bits per heavy atom. The van der Waals surface area contributed by atoms with Crippen LogP contribution >= 0.6 is 0 Å². The fourth-order valence-corrected chi connectivity index (χ4v) is 1.80. The molecule has 111 valence electrons. The van der Waals surface area contributed by atoms with Gasteiger partial charge in [-0.1, -0.05) is 34.6 Å². The molecule has 0 fully saturated rings. The van der Waals surface area contributed by atoms with Gasteiger partial charge in [0.15, 0.2) is 0 Å². The molecule has 11 radical (unpaired) electrons. The van der Waals surface area contributed by atoms with Gasteiger partial charge in [-0.25, -0.2) is 0 Å². The third-order valence-corrected chi connectivity index (χ3v) is 3.25. The van der Waals surface area contributed by atoms with Gasteiger partial charge >= 0.3 is 0 Å². The zero-order valence-electron chi connectivity index (χ0n) is 13.8. The molecule has 0 saturated carbocycles. The van der Waals surface area contributed by atoms with E-state index in [0.29, 0.717) is 17.8 Å². The number of hydrogen-bond donors (Lipinski definition) is 0. The lowest BCUT2D eigenvalue weighted by Gasteiger charge is -2.15. The van der Waals surface area contributed by atoms with Crippen LogP contribution in [0.3, 0.4) is 0 Å². The molecule has 0 bridgehead atoms. The minimum Gasteiger partial charge on any atom is -0.0620 e. The Labute approximate surface area is 130 Å².